The number of nitrogens with zero attached hydrogens (tertiary/aromatic N) is 5. The Kier molecular flexibility index (Phi) is 8.56. The van der Waals surface area contributed by atoms with E-state index in [0.29, 0.717) is 6.54 Å². The molecule has 4 heterocycles. The molecule has 2 unspecified atom stereocenters. The van der Waals surface area contributed by atoms with Gasteiger partial charge < -0.3 is 24.4 Å². The van der Waals surface area contributed by atoms with Gasteiger partial charge >= 0.3 is 0 Å². The average molecular weight is 444 g/mol. The molecule has 32 heavy (non-hydrogen) atoms. The molecule has 9 heteroatoms. The van der Waals surface area contributed by atoms with Gasteiger partial charge in [-0.3, -0.25) is 9.89 Å². The second-order valence-electron chi connectivity index (χ2n) is 8.55. The first kappa shape index (κ1) is 22.8. The molecule has 2 aliphatic heterocycles. The van der Waals surface area contributed by atoms with Crippen molar-refractivity contribution < 1.29 is 9.15 Å². The summed E-state index contributed by atoms with van der Waals surface area (Å²) in [6.45, 7) is 8.12. The Morgan fingerprint density at radius 1 is 1.25 bits per heavy atom. The Morgan fingerprint density at radius 2 is 2.16 bits per heavy atom. The fourth-order valence-corrected chi connectivity index (χ4v) is 4.48. The molecule has 2 aliphatic rings. The second kappa shape index (κ2) is 12.0. The molecule has 2 saturated heterocycles. The lowest BCUT2D eigenvalue weighted by atomic mass is 10.1. The van der Waals surface area contributed by atoms with E-state index in [2.05, 4.69) is 43.3 Å². The molecule has 9 nitrogen and oxygen atoms in total. The Morgan fingerprint density at radius 3 is 2.91 bits per heavy atom. The van der Waals surface area contributed by atoms with E-state index in [1.54, 1.807) is 12.6 Å². The first-order chi connectivity index (χ1) is 15.8. The normalized spacial score (nSPS) is 21.0. The molecule has 0 amide bonds. The third-order valence-electron chi connectivity index (χ3n) is 6.30. The standard InChI is InChI=1S/C23H37N7O2/c1-2-22-28-27-18-30(22)13-10-24-23(25-16-19-8-3-6-14-31-19)26-17-20(21-9-7-15-32-21)29-11-4-5-12-29/h7,9,15,18-20H,2-6,8,10-14,16-17H2,1H3,(H2,24,25,26). The van der Waals surface area contributed by atoms with Gasteiger partial charge in [0.1, 0.15) is 17.9 Å². The lowest BCUT2D eigenvalue weighted by Crippen LogP contribution is -2.44. The fraction of sp³-hybridized carbons (Fsp3) is 0.696. The molecule has 0 radical (unpaired) electrons. The van der Waals surface area contributed by atoms with Crippen LogP contribution in [0.4, 0.5) is 0 Å². The number of likely N-dealkylation sites (tertiary alicyclic amines) is 1. The molecule has 2 aromatic heterocycles. The van der Waals surface area contributed by atoms with Crippen LogP contribution in [-0.4, -0.2) is 71.1 Å². The van der Waals surface area contributed by atoms with E-state index in [1.165, 1.54) is 19.3 Å². The number of hydrogen-bond donors (Lipinski definition) is 2. The van der Waals surface area contributed by atoms with Gasteiger partial charge in [-0.05, 0) is 57.3 Å². The van der Waals surface area contributed by atoms with Crippen molar-refractivity contribution in [2.24, 2.45) is 4.99 Å². The minimum atomic E-state index is 0.168. The van der Waals surface area contributed by atoms with E-state index in [-0.39, 0.29) is 12.1 Å². The highest BCUT2D eigenvalue weighted by atomic mass is 16.5. The minimum Gasteiger partial charge on any atom is -0.468 e. The smallest absolute Gasteiger partial charge is 0.191 e. The van der Waals surface area contributed by atoms with Gasteiger partial charge in [-0.15, -0.1) is 10.2 Å². The Labute approximate surface area is 190 Å². The molecule has 2 atom stereocenters. The van der Waals surface area contributed by atoms with Gasteiger partial charge in [-0.25, -0.2) is 0 Å². The van der Waals surface area contributed by atoms with Gasteiger partial charge in [0.25, 0.3) is 0 Å². The number of furan rings is 1. The van der Waals surface area contributed by atoms with Crippen molar-refractivity contribution in [2.45, 2.75) is 64.1 Å². The maximum Gasteiger partial charge on any atom is 0.191 e. The van der Waals surface area contributed by atoms with E-state index in [1.807, 2.05) is 6.07 Å². The van der Waals surface area contributed by atoms with Crippen molar-refractivity contribution in [1.82, 2.24) is 30.3 Å². The third-order valence-corrected chi connectivity index (χ3v) is 6.30. The number of aryl methyl sites for hydroxylation is 1. The zero-order chi connectivity index (χ0) is 22.0. The predicted molar refractivity (Wildman–Crippen MR) is 124 cm³/mol. The number of aromatic nitrogens is 3. The molecule has 0 aliphatic carbocycles. The van der Waals surface area contributed by atoms with Crippen molar-refractivity contribution in [3.8, 4) is 0 Å². The first-order valence-electron chi connectivity index (χ1n) is 12.1. The van der Waals surface area contributed by atoms with Crippen LogP contribution in [-0.2, 0) is 17.7 Å². The molecular weight excluding hydrogens is 406 g/mol. The SMILES string of the molecule is CCc1nncn1CCNC(=NCC(c1ccco1)N1CCCC1)NCC1CCCCO1. The van der Waals surface area contributed by atoms with Crippen molar-refractivity contribution in [3.63, 3.8) is 0 Å². The summed E-state index contributed by atoms with van der Waals surface area (Å²) in [5.74, 6) is 2.81. The van der Waals surface area contributed by atoms with E-state index < -0.39 is 0 Å². The van der Waals surface area contributed by atoms with Gasteiger partial charge in [-0.2, -0.15) is 0 Å². The van der Waals surface area contributed by atoms with Crippen molar-refractivity contribution >= 4 is 5.96 Å². The lowest BCUT2D eigenvalue weighted by Gasteiger charge is -2.26. The summed E-state index contributed by atoms with van der Waals surface area (Å²) in [5.41, 5.74) is 0. The van der Waals surface area contributed by atoms with E-state index in [0.717, 1.165) is 76.1 Å². The molecule has 0 bridgehead atoms. The molecule has 0 saturated carbocycles. The van der Waals surface area contributed by atoms with E-state index in [4.69, 9.17) is 14.1 Å². The highest BCUT2D eigenvalue weighted by molar-refractivity contribution is 5.79. The minimum absolute atomic E-state index is 0.168. The van der Waals surface area contributed by atoms with Gasteiger partial charge in [0.05, 0.1) is 25.0 Å². The Bertz CT molecular complexity index is 808. The zero-order valence-corrected chi connectivity index (χ0v) is 19.2. The van der Waals surface area contributed by atoms with Crippen LogP contribution in [0.5, 0.6) is 0 Å². The molecule has 2 aromatic rings. The summed E-state index contributed by atoms with van der Waals surface area (Å²) in [6, 6.07) is 4.19. The number of aliphatic imine (C=N–C) groups is 1. The van der Waals surface area contributed by atoms with Crippen LogP contribution in [0.15, 0.2) is 34.1 Å². The molecule has 2 fully saturated rings. The van der Waals surface area contributed by atoms with Gasteiger partial charge in [0, 0.05) is 32.7 Å². The number of guanidine groups is 1. The Balaban J connectivity index is 1.39. The summed E-state index contributed by atoms with van der Waals surface area (Å²) in [5, 5.41) is 15.2. The quantitative estimate of drug-likeness (QED) is 0.430. The number of rotatable bonds is 10. The molecule has 0 spiro atoms. The van der Waals surface area contributed by atoms with Crippen LogP contribution in [0, 0.1) is 0 Å². The maximum atomic E-state index is 5.90. The monoisotopic (exact) mass is 443 g/mol. The van der Waals surface area contributed by atoms with Crippen LogP contribution in [0.3, 0.4) is 0 Å². The predicted octanol–water partition coefficient (Wildman–Crippen LogP) is 2.37. The van der Waals surface area contributed by atoms with Crippen LogP contribution in [0.2, 0.25) is 0 Å². The van der Waals surface area contributed by atoms with Crippen LogP contribution >= 0.6 is 0 Å². The van der Waals surface area contributed by atoms with E-state index >= 15 is 0 Å². The summed E-state index contributed by atoms with van der Waals surface area (Å²) in [6.07, 6.45) is 10.6. The molecule has 4 rings (SSSR count). The van der Waals surface area contributed by atoms with Gasteiger partial charge in [0.2, 0.25) is 0 Å². The zero-order valence-electron chi connectivity index (χ0n) is 19.2. The van der Waals surface area contributed by atoms with Gasteiger partial charge in [-0.1, -0.05) is 6.92 Å². The summed E-state index contributed by atoms with van der Waals surface area (Å²) < 4.78 is 13.7. The summed E-state index contributed by atoms with van der Waals surface area (Å²) in [7, 11) is 0. The van der Waals surface area contributed by atoms with Gasteiger partial charge in [0.15, 0.2) is 5.96 Å². The number of ether oxygens (including phenoxy) is 1. The summed E-state index contributed by atoms with van der Waals surface area (Å²) >= 11 is 0. The highest BCUT2D eigenvalue weighted by Crippen LogP contribution is 2.25. The first-order valence-corrected chi connectivity index (χ1v) is 12.1. The summed E-state index contributed by atoms with van der Waals surface area (Å²) in [4.78, 5) is 7.45. The Hall–Kier alpha value is -2.39. The second-order valence-corrected chi connectivity index (χ2v) is 8.55. The molecular formula is C23H37N7O2. The molecule has 176 valence electrons. The van der Waals surface area contributed by atoms with Crippen molar-refractivity contribution in [1.29, 1.82) is 0 Å². The highest BCUT2D eigenvalue weighted by Gasteiger charge is 2.25. The topological polar surface area (TPSA) is 92.7 Å². The van der Waals surface area contributed by atoms with E-state index in [9.17, 15) is 0 Å². The van der Waals surface area contributed by atoms with Crippen LogP contribution < -0.4 is 10.6 Å². The number of hydrogen-bond acceptors (Lipinski definition) is 6. The largest absolute Gasteiger partial charge is 0.468 e. The average Bonchev–Trinajstić information content (AvgIpc) is 3.61. The third kappa shape index (κ3) is 6.32. The number of nitrogens with one attached hydrogen (secondary N) is 2. The van der Waals surface area contributed by atoms with Crippen molar-refractivity contribution in [2.75, 3.05) is 39.3 Å². The maximum absolute atomic E-state index is 5.90. The molecule has 0 aromatic carbocycles. The van der Waals surface area contributed by atoms with Crippen LogP contribution in [0.1, 0.15) is 56.7 Å². The fourth-order valence-electron chi connectivity index (χ4n) is 4.48. The lowest BCUT2D eigenvalue weighted by molar-refractivity contribution is 0.0194. The van der Waals surface area contributed by atoms with Crippen molar-refractivity contribution in [3.05, 3.63) is 36.3 Å². The van der Waals surface area contributed by atoms with Crippen LogP contribution in [0.25, 0.3) is 0 Å². The molecule has 2 N–H and O–H groups in total.